The summed E-state index contributed by atoms with van der Waals surface area (Å²) in [5, 5.41) is 0. The van der Waals surface area contributed by atoms with Crippen LogP contribution in [-0.4, -0.2) is 28.0 Å². The van der Waals surface area contributed by atoms with Gasteiger partial charge in [0.1, 0.15) is 10.7 Å². The molecule has 1 aliphatic rings. The molecule has 0 aliphatic carbocycles. The van der Waals surface area contributed by atoms with Gasteiger partial charge in [-0.25, -0.2) is 9.97 Å². The number of nitrogens with zero attached hydrogens (tertiary/aromatic N) is 3. The lowest BCUT2D eigenvalue weighted by molar-refractivity contribution is 0.237. The van der Waals surface area contributed by atoms with Crippen molar-refractivity contribution < 1.29 is 0 Å². The predicted octanol–water partition coefficient (Wildman–Crippen LogP) is 2.44. The number of aromatic nitrogens is 2. The number of nitrogens with two attached hydrogens (primary N) is 1. The summed E-state index contributed by atoms with van der Waals surface area (Å²) in [7, 11) is 0. The Bertz CT molecular complexity index is 478. The van der Waals surface area contributed by atoms with Gasteiger partial charge in [0.05, 0.1) is 0 Å². The molecule has 0 radical (unpaired) electrons. The van der Waals surface area contributed by atoms with E-state index >= 15 is 0 Å². The summed E-state index contributed by atoms with van der Waals surface area (Å²) < 4.78 is 0. The molecule has 1 fully saturated rings. The lowest BCUT2D eigenvalue weighted by atomic mass is 9.78. The molecule has 1 aromatic rings. The third kappa shape index (κ3) is 3.21. The SMILES string of the molecule is CCC1(C)CCN(c2nc(C)cc(C(N)=S)n2)CC1. The maximum atomic E-state index is 5.67. The first-order chi connectivity index (χ1) is 8.93. The van der Waals surface area contributed by atoms with E-state index in [9.17, 15) is 0 Å². The molecule has 0 unspecified atom stereocenters. The van der Waals surface area contributed by atoms with Crippen molar-refractivity contribution in [3.63, 3.8) is 0 Å². The number of hydrogen-bond donors (Lipinski definition) is 1. The molecule has 0 bridgehead atoms. The van der Waals surface area contributed by atoms with Crippen LogP contribution in [0.2, 0.25) is 0 Å². The Kier molecular flexibility index (Phi) is 4.04. The Labute approximate surface area is 120 Å². The van der Waals surface area contributed by atoms with E-state index in [-0.39, 0.29) is 0 Å². The van der Waals surface area contributed by atoms with Crippen molar-refractivity contribution in [1.29, 1.82) is 0 Å². The monoisotopic (exact) mass is 278 g/mol. The van der Waals surface area contributed by atoms with Crippen LogP contribution in [0.1, 0.15) is 44.5 Å². The average molecular weight is 278 g/mol. The van der Waals surface area contributed by atoms with Crippen LogP contribution in [0.5, 0.6) is 0 Å². The lowest BCUT2D eigenvalue weighted by Crippen LogP contribution is -2.39. The number of aryl methyl sites for hydroxylation is 1. The summed E-state index contributed by atoms with van der Waals surface area (Å²) in [4.78, 5) is 11.6. The van der Waals surface area contributed by atoms with Gasteiger partial charge in [-0.1, -0.05) is 32.5 Å². The van der Waals surface area contributed by atoms with Crippen molar-refractivity contribution in [2.45, 2.75) is 40.0 Å². The van der Waals surface area contributed by atoms with E-state index in [1.807, 2.05) is 13.0 Å². The molecule has 1 saturated heterocycles. The molecule has 1 aromatic heterocycles. The molecule has 19 heavy (non-hydrogen) atoms. The fraction of sp³-hybridized carbons (Fsp3) is 0.643. The van der Waals surface area contributed by atoms with Gasteiger partial charge in [-0.05, 0) is 31.2 Å². The largest absolute Gasteiger partial charge is 0.388 e. The second-order valence-electron chi connectivity index (χ2n) is 5.71. The number of anilines is 1. The Morgan fingerprint density at radius 1 is 1.42 bits per heavy atom. The standard InChI is InChI=1S/C14H22N4S/c1-4-14(3)5-7-18(8-6-14)13-16-10(2)9-11(17-13)12(15)19/h9H,4-8H2,1-3H3,(H2,15,19). The van der Waals surface area contributed by atoms with Crippen LogP contribution < -0.4 is 10.6 Å². The summed E-state index contributed by atoms with van der Waals surface area (Å²) >= 11 is 5.01. The summed E-state index contributed by atoms with van der Waals surface area (Å²) in [6.45, 7) is 8.59. The van der Waals surface area contributed by atoms with Gasteiger partial charge in [-0.2, -0.15) is 0 Å². The Morgan fingerprint density at radius 3 is 2.58 bits per heavy atom. The fourth-order valence-corrected chi connectivity index (χ4v) is 2.53. The molecule has 0 spiro atoms. The summed E-state index contributed by atoms with van der Waals surface area (Å²) in [6, 6.07) is 1.84. The Hall–Kier alpha value is -1.23. The first-order valence-electron chi connectivity index (χ1n) is 6.84. The van der Waals surface area contributed by atoms with Crippen molar-refractivity contribution >= 4 is 23.2 Å². The van der Waals surface area contributed by atoms with Gasteiger partial charge in [-0.3, -0.25) is 0 Å². The highest BCUT2D eigenvalue weighted by molar-refractivity contribution is 7.80. The van der Waals surface area contributed by atoms with Gasteiger partial charge in [0, 0.05) is 18.8 Å². The molecule has 0 aromatic carbocycles. The van der Waals surface area contributed by atoms with Gasteiger partial charge >= 0.3 is 0 Å². The quantitative estimate of drug-likeness (QED) is 0.861. The Balaban J connectivity index is 2.17. The maximum absolute atomic E-state index is 5.67. The van der Waals surface area contributed by atoms with E-state index < -0.39 is 0 Å². The second-order valence-corrected chi connectivity index (χ2v) is 6.15. The summed E-state index contributed by atoms with van der Waals surface area (Å²) in [5.41, 5.74) is 7.71. The van der Waals surface area contributed by atoms with Crippen LogP contribution in [0.4, 0.5) is 5.95 Å². The Morgan fingerprint density at radius 2 is 2.05 bits per heavy atom. The van der Waals surface area contributed by atoms with Crippen molar-refractivity contribution in [3.05, 3.63) is 17.5 Å². The molecular formula is C14H22N4S. The van der Waals surface area contributed by atoms with Gasteiger partial charge in [0.25, 0.3) is 0 Å². The minimum atomic E-state index is 0.335. The van der Waals surface area contributed by atoms with E-state index in [1.54, 1.807) is 0 Å². The van der Waals surface area contributed by atoms with Crippen molar-refractivity contribution in [1.82, 2.24) is 9.97 Å². The van der Waals surface area contributed by atoms with Crippen molar-refractivity contribution in [2.75, 3.05) is 18.0 Å². The minimum absolute atomic E-state index is 0.335. The van der Waals surface area contributed by atoms with Crippen LogP contribution in [-0.2, 0) is 0 Å². The van der Waals surface area contributed by atoms with E-state index in [0.29, 0.717) is 16.1 Å². The highest BCUT2D eigenvalue weighted by Gasteiger charge is 2.29. The smallest absolute Gasteiger partial charge is 0.226 e. The van der Waals surface area contributed by atoms with Crippen molar-refractivity contribution in [3.8, 4) is 0 Å². The molecule has 0 amide bonds. The second kappa shape index (κ2) is 5.41. The number of thiocarbonyl (C=S) groups is 1. The van der Waals surface area contributed by atoms with Crippen LogP contribution in [0.15, 0.2) is 6.07 Å². The third-order valence-electron chi connectivity index (χ3n) is 4.20. The van der Waals surface area contributed by atoms with E-state index in [1.165, 1.54) is 19.3 Å². The molecule has 0 atom stereocenters. The zero-order chi connectivity index (χ0) is 14.0. The van der Waals surface area contributed by atoms with Gasteiger partial charge in [0.2, 0.25) is 5.95 Å². The van der Waals surface area contributed by atoms with Crippen LogP contribution >= 0.6 is 12.2 Å². The summed E-state index contributed by atoms with van der Waals surface area (Å²) in [6.07, 6.45) is 3.60. The highest BCUT2D eigenvalue weighted by atomic mass is 32.1. The van der Waals surface area contributed by atoms with E-state index in [2.05, 4.69) is 28.7 Å². The third-order valence-corrected chi connectivity index (χ3v) is 4.41. The fourth-order valence-electron chi connectivity index (χ4n) is 2.42. The minimum Gasteiger partial charge on any atom is -0.388 e. The van der Waals surface area contributed by atoms with Crippen LogP contribution in [0.25, 0.3) is 0 Å². The van der Waals surface area contributed by atoms with E-state index in [4.69, 9.17) is 18.0 Å². The lowest BCUT2D eigenvalue weighted by Gasteiger charge is -2.39. The maximum Gasteiger partial charge on any atom is 0.226 e. The number of hydrogen-bond acceptors (Lipinski definition) is 4. The number of piperidine rings is 1. The molecule has 1 aliphatic heterocycles. The molecule has 104 valence electrons. The van der Waals surface area contributed by atoms with Crippen LogP contribution in [0.3, 0.4) is 0 Å². The van der Waals surface area contributed by atoms with E-state index in [0.717, 1.165) is 24.7 Å². The zero-order valence-corrected chi connectivity index (χ0v) is 12.8. The molecule has 2 rings (SSSR count). The molecule has 2 heterocycles. The molecule has 4 nitrogen and oxygen atoms in total. The molecule has 2 N–H and O–H groups in total. The molecular weight excluding hydrogens is 256 g/mol. The first-order valence-corrected chi connectivity index (χ1v) is 7.25. The normalized spacial score (nSPS) is 18.4. The number of rotatable bonds is 3. The topological polar surface area (TPSA) is 55.0 Å². The highest BCUT2D eigenvalue weighted by Crippen LogP contribution is 2.34. The van der Waals surface area contributed by atoms with Gasteiger partial charge in [0.15, 0.2) is 0 Å². The van der Waals surface area contributed by atoms with Crippen molar-refractivity contribution in [2.24, 2.45) is 11.1 Å². The predicted molar refractivity (Wildman–Crippen MR) is 82.5 cm³/mol. The van der Waals surface area contributed by atoms with Crippen LogP contribution in [0, 0.1) is 12.3 Å². The zero-order valence-electron chi connectivity index (χ0n) is 11.9. The molecule has 5 heteroatoms. The average Bonchev–Trinajstić information content (AvgIpc) is 2.39. The van der Waals surface area contributed by atoms with Gasteiger partial charge < -0.3 is 10.6 Å². The summed E-state index contributed by atoms with van der Waals surface area (Å²) in [5.74, 6) is 0.765. The van der Waals surface area contributed by atoms with Gasteiger partial charge in [-0.15, -0.1) is 0 Å². The molecule has 0 saturated carbocycles. The first kappa shape index (κ1) is 14.2.